The molecule has 1 unspecified atom stereocenters. The molecule has 0 radical (unpaired) electrons. The summed E-state index contributed by atoms with van der Waals surface area (Å²) in [7, 11) is 0. The first-order valence-corrected chi connectivity index (χ1v) is 7.37. The first-order chi connectivity index (χ1) is 7.92. The Morgan fingerprint density at radius 1 is 1.00 bits per heavy atom. The second-order valence-electron chi connectivity index (χ2n) is 6.14. The normalized spacial score (nSPS) is 39.4. The lowest BCUT2D eigenvalue weighted by Gasteiger charge is -2.45. The summed E-state index contributed by atoms with van der Waals surface area (Å²) in [5.41, 5.74) is 0. The average Bonchev–Trinajstić information content (AvgIpc) is 2.84. The Hall–Kier alpha value is -0.0800. The summed E-state index contributed by atoms with van der Waals surface area (Å²) >= 11 is 0. The molecule has 2 heteroatoms. The molecule has 1 N–H and O–H groups in total. The maximum absolute atomic E-state index is 3.84. The van der Waals surface area contributed by atoms with Gasteiger partial charge in [-0.3, -0.25) is 0 Å². The van der Waals surface area contributed by atoms with Gasteiger partial charge in [0.2, 0.25) is 0 Å². The van der Waals surface area contributed by atoms with E-state index in [-0.39, 0.29) is 0 Å². The zero-order chi connectivity index (χ0) is 10.8. The number of fused-ring (bicyclic) bond motifs is 3. The molecule has 2 bridgehead atoms. The zero-order valence-corrected chi connectivity index (χ0v) is 10.5. The maximum Gasteiger partial charge on any atom is 0.0224 e. The fourth-order valence-electron chi connectivity index (χ4n) is 3.97. The highest BCUT2D eigenvalue weighted by atomic mass is 15.2. The van der Waals surface area contributed by atoms with E-state index in [9.17, 15) is 0 Å². The summed E-state index contributed by atoms with van der Waals surface area (Å²) in [6.45, 7) is 5.34. The van der Waals surface area contributed by atoms with Gasteiger partial charge in [-0.15, -0.1) is 0 Å². The van der Waals surface area contributed by atoms with Gasteiger partial charge in [-0.1, -0.05) is 25.7 Å². The summed E-state index contributed by atoms with van der Waals surface area (Å²) < 4.78 is 0. The number of hydrogen-bond donors (Lipinski definition) is 1. The SMILES string of the molecule is C1CCC(CCNC2CN3CCC2CC3)C1. The van der Waals surface area contributed by atoms with Crippen LogP contribution in [0.4, 0.5) is 0 Å². The molecule has 4 fully saturated rings. The predicted molar refractivity (Wildman–Crippen MR) is 67.5 cm³/mol. The molecule has 0 aromatic rings. The van der Waals surface area contributed by atoms with Crippen LogP contribution < -0.4 is 5.32 Å². The molecule has 2 nitrogen and oxygen atoms in total. The number of hydrogen-bond acceptors (Lipinski definition) is 2. The van der Waals surface area contributed by atoms with Gasteiger partial charge in [0.15, 0.2) is 0 Å². The van der Waals surface area contributed by atoms with Crippen molar-refractivity contribution in [3.05, 3.63) is 0 Å². The molecule has 4 aliphatic rings. The van der Waals surface area contributed by atoms with Gasteiger partial charge in [0.1, 0.15) is 0 Å². The van der Waals surface area contributed by atoms with Crippen LogP contribution in [0.2, 0.25) is 0 Å². The van der Waals surface area contributed by atoms with Crippen LogP contribution in [-0.4, -0.2) is 37.1 Å². The first kappa shape index (κ1) is 11.0. The largest absolute Gasteiger partial charge is 0.312 e. The second kappa shape index (κ2) is 5.05. The van der Waals surface area contributed by atoms with Gasteiger partial charge >= 0.3 is 0 Å². The Kier molecular flexibility index (Phi) is 3.49. The molecule has 0 amide bonds. The third-order valence-corrected chi connectivity index (χ3v) is 5.09. The summed E-state index contributed by atoms with van der Waals surface area (Å²) in [5, 5.41) is 3.84. The third-order valence-electron chi connectivity index (χ3n) is 5.09. The van der Waals surface area contributed by atoms with E-state index in [1.165, 1.54) is 71.1 Å². The fraction of sp³-hybridized carbons (Fsp3) is 1.00. The van der Waals surface area contributed by atoms with Crippen LogP contribution in [0.25, 0.3) is 0 Å². The molecule has 1 saturated carbocycles. The lowest BCUT2D eigenvalue weighted by Crippen LogP contribution is -2.56. The lowest BCUT2D eigenvalue weighted by atomic mass is 9.84. The zero-order valence-electron chi connectivity index (χ0n) is 10.5. The van der Waals surface area contributed by atoms with Crippen LogP contribution in [-0.2, 0) is 0 Å². The predicted octanol–water partition coefficient (Wildman–Crippen LogP) is 2.25. The van der Waals surface area contributed by atoms with Gasteiger partial charge in [-0.2, -0.15) is 0 Å². The minimum Gasteiger partial charge on any atom is -0.312 e. The number of nitrogens with one attached hydrogen (secondary N) is 1. The number of nitrogens with zero attached hydrogens (tertiary/aromatic N) is 1. The van der Waals surface area contributed by atoms with Gasteiger partial charge in [0, 0.05) is 12.6 Å². The molecule has 3 heterocycles. The van der Waals surface area contributed by atoms with Crippen molar-refractivity contribution in [1.82, 2.24) is 10.2 Å². The molecule has 92 valence electrons. The number of rotatable bonds is 4. The van der Waals surface area contributed by atoms with Crippen LogP contribution in [0.1, 0.15) is 44.9 Å². The van der Waals surface area contributed by atoms with Crippen LogP contribution in [0.3, 0.4) is 0 Å². The summed E-state index contributed by atoms with van der Waals surface area (Å²) in [4.78, 5) is 2.65. The summed E-state index contributed by atoms with van der Waals surface area (Å²) in [5.74, 6) is 2.04. The van der Waals surface area contributed by atoms with Crippen molar-refractivity contribution in [3.8, 4) is 0 Å². The topological polar surface area (TPSA) is 15.3 Å². The minimum atomic E-state index is 0.823. The second-order valence-corrected chi connectivity index (χ2v) is 6.14. The van der Waals surface area contributed by atoms with E-state index in [0.29, 0.717) is 0 Å². The highest BCUT2D eigenvalue weighted by Crippen LogP contribution is 2.29. The molecule has 3 saturated heterocycles. The van der Waals surface area contributed by atoms with Crippen molar-refractivity contribution in [1.29, 1.82) is 0 Å². The molecule has 16 heavy (non-hydrogen) atoms. The average molecular weight is 222 g/mol. The molecule has 4 rings (SSSR count). The molecule has 3 aliphatic heterocycles. The van der Waals surface area contributed by atoms with Crippen LogP contribution in [0, 0.1) is 11.8 Å². The van der Waals surface area contributed by atoms with Crippen molar-refractivity contribution in [3.63, 3.8) is 0 Å². The van der Waals surface area contributed by atoms with Crippen molar-refractivity contribution < 1.29 is 0 Å². The Morgan fingerprint density at radius 3 is 2.38 bits per heavy atom. The van der Waals surface area contributed by atoms with Crippen molar-refractivity contribution in [2.24, 2.45) is 11.8 Å². The van der Waals surface area contributed by atoms with Crippen LogP contribution in [0.5, 0.6) is 0 Å². The fourth-order valence-corrected chi connectivity index (χ4v) is 3.97. The van der Waals surface area contributed by atoms with E-state index in [1.54, 1.807) is 0 Å². The highest BCUT2D eigenvalue weighted by molar-refractivity contribution is 4.90. The van der Waals surface area contributed by atoms with E-state index in [0.717, 1.165) is 17.9 Å². The molecular weight excluding hydrogens is 196 g/mol. The van der Waals surface area contributed by atoms with Gasteiger partial charge in [-0.05, 0) is 50.7 Å². The standard InChI is InChI=1S/C14H26N2/c1-2-4-12(3-1)5-8-15-14-11-16-9-6-13(14)7-10-16/h12-15H,1-11H2. The summed E-state index contributed by atoms with van der Waals surface area (Å²) in [6.07, 6.45) is 10.3. The third kappa shape index (κ3) is 2.43. The van der Waals surface area contributed by atoms with Crippen molar-refractivity contribution in [2.75, 3.05) is 26.2 Å². The molecule has 0 spiro atoms. The molecule has 0 aromatic heterocycles. The van der Waals surface area contributed by atoms with E-state index in [1.807, 2.05) is 0 Å². The Morgan fingerprint density at radius 2 is 1.75 bits per heavy atom. The van der Waals surface area contributed by atoms with E-state index in [2.05, 4.69) is 10.2 Å². The van der Waals surface area contributed by atoms with Gasteiger partial charge in [0.25, 0.3) is 0 Å². The van der Waals surface area contributed by atoms with Crippen LogP contribution in [0.15, 0.2) is 0 Å². The monoisotopic (exact) mass is 222 g/mol. The quantitative estimate of drug-likeness (QED) is 0.785. The van der Waals surface area contributed by atoms with E-state index in [4.69, 9.17) is 0 Å². The molecule has 0 aromatic carbocycles. The molecular formula is C14H26N2. The van der Waals surface area contributed by atoms with Crippen molar-refractivity contribution >= 4 is 0 Å². The number of piperidine rings is 3. The van der Waals surface area contributed by atoms with Crippen molar-refractivity contribution in [2.45, 2.75) is 51.0 Å². The molecule has 1 aliphatic carbocycles. The van der Waals surface area contributed by atoms with Gasteiger partial charge in [0.05, 0.1) is 0 Å². The van der Waals surface area contributed by atoms with Gasteiger partial charge < -0.3 is 10.2 Å². The minimum absolute atomic E-state index is 0.823. The Bertz CT molecular complexity index is 215. The van der Waals surface area contributed by atoms with Crippen LogP contribution >= 0.6 is 0 Å². The maximum atomic E-state index is 3.84. The Balaban J connectivity index is 1.38. The van der Waals surface area contributed by atoms with Gasteiger partial charge in [-0.25, -0.2) is 0 Å². The summed E-state index contributed by atoms with van der Waals surface area (Å²) in [6, 6.07) is 0.823. The molecule has 1 atom stereocenters. The lowest BCUT2D eigenvalue weighted by molar-refractivity contribution is 0.0722. The highest BCUT2D eigenvalue weighted by Gasteiger charge is 2.33. The smallest absolute Gasteiger partial charge is 0.0224 e. The Labute approximate surface area is 99.8 Å². The van der Waals surface area contributed by atoms with E-state index < -0.39 is 0 Å². The first-order valence-electron chi connectivity index (χ1n) is 7.37. The van der Waals surface area contributed by atoms with E-state index >= 15 is 0 Å².